The zero-order chi connectivity index (χ0) is 14.5. The molecule has 0 amide bonds. The number of hydrogen-bond acceptors (Lipinski definition) is 3. The standard InChI is InChI=1S/C14H14BCl2NO2/c15-18-13(9-4-5-11(16)12(17)8-9)6-7-14(19)20-10-2-1-3-10/h4-5,8,10H,1-3,6-7H2. The quantitative estimate of drug-likeness (QED) is 0.472. The third-order valence-corrected chi connectivity index (χ3v) is 4.06. The SMILES string of the molecule is [B]N=C(CCC(=O)OC1CCC1)c1ccc(Cl)c(Cl)c1. The lowest BCUT2D eigenvalue weighted by molar-refractivity contribution is -0.152. The lowest BCUT2D eigenvalue weighted by Gasteiger charge is -2.25. The van der Waals surface area contributed by atoms with Crippen molar-refractivity contribution in [2.75, 3.05) is 0 Å². The molecule has 3 nitrogen and oxygen atoms in total. The first kappa shape index (κ1) is 15.4. The van der Waals surface area contributed by atoms with Crippen molar-refractivity contribution < 1.29 is 9.53 Å². The molecule has 20 heavy (non-hydrogen) atoms. The summed E-state index contributed by atoms with van der Waals surface area (Å²) in [5, 5.41) is 0.901. The molecule has 2 radical (unpaired) electrons. The summed E-state index contributed by atoms with van der Waals surface area (Å²) in [5.74, 6) is -0.212. The Balaban J connectivity index is 1.91. The fourth-order valence-corrected chi connectivity index (χ4v) is 2.21. The van der Waals surface area contributed by atoms with Gasteiger partial charge in [0.1, 0.15) is 6.10 Å². The molecule has 2 rings (SSSR count). The molecule has 104 valence electrons. The van der Waals surface area contributed by atoms with Gasteiger partial charge in [-0.15, -0.1) is 0 Å². The van der Waals surface area contributed by atoms with Crippen molar-refractivity contribution in [1.82, 2.24) is 0 Å². The lowest BCUT2D eigenvalue weighted by Crippen LogP contribution is -2.25. The number of nitrogens with zero attached hydrogens (tertiary/aromatic N) is 1. The average molecular weight is 310 g/mol. The third-order valence-electron chi connectivity index (χ3n) is 3.32. The largest absolute Gasteiger partial charge is 0.462 e. The smallest absolute Gasteiger partial charge is 0.306 e. The van der Waals surface area contributed by atoms with E-state index >= 15 is 0 Å². The van der Waals surface area contributed by atoms with Crippen molar-refractivity contribution in [2.45, 2.75) is 38.2 Å². The molecule has 0 unspecified atom stereocenters. The molecule has 0 spiro atoms. The van der Waals surface area contributed by atoms with Crippen LogP contribution in [0.15, 0.2) is 23.1 Å². The third kappa shape index (κ3) is 4.00. The van der Waals surface area contributed by atoms with Crippen molar-refractivity contribution in [2.24, 2.45) is 4.90 Å². The molecule has 1 saturated carbocycles. The molecule has 0 atom stereocenters. The average Bonchev–Trinajstić information content (AvgIpc) is 2.38. The van der Waals surface area contributed by atoms with Gasteiger partial charge in [-0.05, 0) is 43.4 Å². The first-order valence-electron chi connectivity index (χ1n) is 6.52. The normalized spacial score (nSPS) is 15.8. The summed E-state index contributed by atoms with van der Waals surface area (Å²) < 4.78 is 5.28. The van der Waals surface area contributed by atoms with Gasteiger partial charge in [0, 0.05) is 5.71 Å². The maximum absolute atomic E-state index is 11.7. The molecule has 0 heterocycles. The Kier molecular flexibility index (Phi) is 5.50. The number of benzene rings is 1. The summed E-state index contributed by atoms with van der Waals surface area (Å²) in [7, 11) is 5.38. The fraction of sp³-hybridized carbons (Fsp3) is 0.429. The van der Waals surface area contributed by atoms with Crippen molar-refractivity contribution in [3.63, 3.8) is 0 Å². The molecule has 0 aliphatic heterocycles. The van der Waals surface area contributed by atoms with Crippen molar-refractivity contribution in [3.8, 4) is 0 Å². The Morgan fingerprint density at radius 1 is 1.30 bits per heavy atom. The van der Waals surface area contributed by atoms with E-state index in [0.29, 0.717) is 22.2 Å². The molecule has 0 N–H and O–H groups in total. The zero-order valence-corrected chi connectivity index (χ0v) is 12.5. The Morgan fingerprint density at radius 2 is 2.05 bits per heavy atom. The predicted molar refractivity (Wildman–Crippen MR) is 81.7 cm³/mol. The second-order valence-corrected chi connectivity index (χ2v) is 5.56. The van der Waals surface area contributed by atoms with E-state index in [2.05, 4.69) is 4.90 Å². The van der Waals surface area contributed by atoms with Gasteiger partial charge >= 0.3 is 5.97 Å². The van der Waals surface area contributed by atoms with Crippen LogP contribution in [0.5, 0.6) is 0 Å². The van der Waals surface area contributed by atoms with Crippen molar-refractivity contribution in [1.29, 1.82) is 0 Å². The molecule has 0 saturated heterocycles. The minimum absolute atomic E-state index is 0.103. The van der Waals surface area contributed by atoms with E-state index in [1.54, 1.807) is 18.2 Å². The first-order valence-corrected chi connectivity index (χ1v) is 7.27. The molecule has 1 aliphatic rings. The highest BCUT2D eigenvalue weighted by atomic mass is 35.5. The van der Waals surface area contributed by atoms with E-state index < -0.39 is 0 Å². The molecule has 1 aromatic carbocycles. The van der Waals surface area contributed by atoms with E-state index in [0.717, 1.165) is 24.8 Å². The molecular weight excluding hydrogens is 296 g/mol. The maximum atomic E-state index is 11.7. The number of halogens is 2. The molecule has 1 fully saturated rings. The van der Waals surface area contributed by atoms with Crippen LogP contribution >= 0.6 is 23.2 Å². The van der Waals surface area contributed by atoms with E-state index in [9.17, 15) is 4.79 Å². The summed E-state index contributed by atoms with van der Waals surface area (Å²) in [6.45, 7) is 0. The Hall–Kier alpha value is -0.995. The summed E-state index contributed by atoms with van der Waals surface area (Å²) >= 11 is 11.8. The van der Waals surface area contributed by atoms with Gasteiger partial charge in [-0.3, -0.25) is 4.79 Å². The highest BCUT2D eigenvalue weighted by Gasteiger charge is 2.21. The highest BCUT2D eigenvalue weighted by Crippen LogP contribution is 2.24. The van der Waals surface area contributed by atoms with Gasteiger partial charge in [-0.25, -0.2) is 0 Å². The van der Waals surface area contributed by atoms with Crippen LogP contribution in [-0.4, -0.2) is 25.8 Å². The van der Waals surface area contributed by atoms with Gasteiger partial charge in [0.2, 0.25) is 0 Å². The number of carbonyl (C=O) groups is 1. The van der Waals surface area contributed by atoms with E-state index in [1.807, 2.05) is 0 Å². The first-order chi connectivity index (χ1) is 9.60. The fourth-order valence-electron chi connectivity index (χ4n) is 1.91. The van der Waals surface area contributed by atoms with Crippen LogP contribution in [0.3, 0.4) is 0 Å². The summed E-state index contributed by atoms with van der Waals surface area (Å²) in [4.78, 5) is 15.4. The number of rotatable bonds is 5. The molecular formula is C14H14BCl2NO2. The number of carbonyl (C=O) groups excluding carboxylic acids is 1. The molecule has 1 aliphatic carbocycles. The maximum Gasteiger partial charge on any atom is 0.306 e. The minimum Gasteiger partial charge on any atom is -0.462 e. The number of hydrogen-bond donors (Lipinski definition) is 0. The summed E-state index contributed by atoms with van der Waals surface area (Å²) in [5.41, 5.74) is 1.37. The second-order valence-electron chi connectivity index (χ2n) is 4.75. The van der Waals surface area contributed by atoms with Gasteiger partial charge in [0.15, 0.2) is 0 Å². The second kappa shape index (κ2) is 7.14. The van der Waals surface area contributed by atoms with Crippen molar-refractivity contribution in [3.05, 3.63) is 33.8 Å². The predicted octanol–water partition coefficient (Wildman–Crippen LogP) is 3.74. The Labute approximate surface area is 129 Å². The van der Waals surface area contributed by atoms with E-state index in [-0.39, 0.29) is 18.5 Å². The topological polar surface area (TPSA) is 38.7 Å². The Bertz CT molecular complexity index is 530. The van der Waals surface area contributed by atoms with E-state index in [4.69, 9.17) is 35.9 Å². The minimum atomic E-state index is -0.212. The summed E-state index contributed by atoms with van der Waals surface area (Å²) in [6, 6.07) is 5.14. The van der Waals surface area contributed by atoms with Crippen LogP contribution in [0.25, 0.3) is 0 Å². The summed E-state index contributed by atoms with van der Waals surface area (Å²) in [6.07, 6.45) is 3.85. The molecule has 1 aromatic rings. The van der Waals surface area contributed by atoms with Crippen molar-refractivity contribution >= 4 is 42.9 Å². The molecule has 0 bridgehead atoms. The van der Waals surface area contributed by atoms with Crippen LogP contribution < -0.4 is 0 Å². The Morgan fingerprint density at radius 3 is 2.60 bits per heavy atom. The van der Waals surface area contributed by atoms with Gasteiger partial charge in [-0.2, -0.15) is 0 Å². The van der Waals surface area contributed by atoms with Gasteiger partial charge in [0.25, 0.3) is 7.98 Å². The van der Waals surface area contributed by atoms with Gasteiger partial charge in [-0.1, -0.05) is 29.3 Å². The lowest BCUT2D eigenvalue weighted by atomic mass is 9.96. The van der Waals surface area contributed by atoms with E-state index in [1.165, 1.54) is 0 Å². The van der Waals surface area contributed by atoms with Crippen LogP contribution in [0.2, 0.25) is 10.0 Å². The number of esters is 1. The molecule has 0 aromatic heterocycles. The van der Waals surface area contributed by atoms with Crippen LogP contribution in [0.1, 0.15) is 37.7 Å². The molecule has 6 heteroatoms. The van der Waals surface area contributed by atoms with Gasteiger partial charge in [0.05, 0.1) is 16.5 Å². The monoisotopic (exact) mass is 309 g/mol. The zero-order valence-electron chi connectivity index (χ0n) is 10.9. The number of ether oxygens (including phenoxy) is 1. The van der Waals surface area contributed by atoms with Crippen LogP contribution in [0.4, 0.5) is 0 Å². The highest BCUT2D eigenvalue weighted by molar-refractivity contribution is 6.42. The van der Waals surface area contributed by atoms with Gasteiger partial charge < -0.3 is 9.64 Å². The van der Waals surface area contributed by atoms with Crippen LogP contribution in [-0.2, 0) is 9.53 Å². The van der Waals surface area contributed by atoms with Crippen LogP contribution in [0, 0.1) is 0 Å².